The number of unbranched alkanes of at least 4 members (excludes halogenated alkanes) is 13. The van der Waals surface area contributed by atoms with Crippen LogP contribution < -0.4 is 0 Å². The summed E-state index contributed by atoms with van der Waals surface area (Å²) in [6.45, 7) is 6.96. The van der Waals surface area contributed by atoms with E-state index < -0.39 is 6.10 Å². The van der Waals surface area contributed by atoms with Crippen molar-refractivity contribution >= 4 is 0 Å². The Kier molecular flexibility index (Phi) is 18.4. The van der Waals surface area contributed by atoms with Crippen molar-refractivity contribution in [2.24, 2.45) is 0 Å². The van der Waals surface area contributed by atoms with E-state index in [0.29, 0.717) is 6.61 Å². The van der Waals surface area contributed by atoms with Crippen molar-refractivity contribution in [2.45, 2.75) is 103 Å². The number of aliphatic hydroxyl groups is 1. The lowest BCUT2D eigenvalue weighted by molar-refractivity contribution is 0.0578. The van der Waals surface area contributed by atoms with Crippen LogP contribution in [-0.4, -0.2) is 24.4 Å². The maximum absolute atomic E-state index is 9.23. The van der Waals surface area contributed by atoms with Crippen molar-refractivity contribution < 1.29 is 9.84 Å². The minimum atomic E-state index is -0.508. The zero-order chi connectivity index (χ0) is 16.3. The third-order valence-electron chi connectivity index (χ3n) is 4.20. The van der Waals surface area contributed by atoms with Gasteiger partial charge in [0.05, 0.1) is 12.7 Å². The number of rotatable bonds is 18. The number of hydrogen-bond donors (Lipinski definition) is 1. The van der Waals surface area contributed by atoms with E-state index in [1.165, 1.54) is 89.5 Å². The fourth-order valence-corrected chi connectivity index (χ4v) is 2.67. The van der Waals surface area contributed by atoms with Crippen LogP contribution in [0.4, 0.5) is 0 Å². The van der Waals surface area contributed by atoms with Crippen LogP contribution in [0.5, 0.6) is 0 Å². The second kappa shape index (κ2) is 18.7. The zero-order valence-corrected chi connectivity index (χ0v) is 15.0. The predicted molar refractivity (Wildman–Crippen MR) is 97.3 cm³/mol. The predicted octanol–water partition coefficient (Wildman–Crippen LogP) is 6.03. The summed E-state index contributed by atoms with van der Waals surface area (Å²) in [5.74, 6) is 0. The highest BCUT2D eigenvalue weighted by molar-refractivity contribution is 4.76. The van der Waals surface area contributed by atoms with Gasteiger partial charge < -0.3 is 9.84 Å². The van der Waals surface area contributed by atoms with Crippen molar-refractivity contribution in [1.82, 2.24) is 0 Å². The van der Waals surface area contributed by atoms with Crippen LogP contribution in [0.25, 0.3) is 0 Å². The van der Waals surface area contributed by atoms with Crippen molar-refractivity contribution in [1.29, 1.82) is 0 Å². The molecule has 1 atom stereocenters. The molecule has 0 radical (unpaired) electrons. The highest BCUT2D eigenvalue weighted by Gasteiger charge is 1.97. The van der Waals surface area contributed by atoms with Crippen LogP contribution in [-0.2, 0) is 4.74 Å². The summed E-state index contributed by atoms with van der Waals surface area (Å²) in [7, 11) is 0. The first kappa shape index (κ1) is 21.7. The van der Waals surface area contributed by atoms with E-state index in [1.54, 1.807) is 0 Å². The van der Waals surface area contributed by atoms with Crippen LogP contribution in [0.2, 0.25) is 0 Å². The Morgan fingerprint density at radius 3 is 1.59 bits per heavy atom. The molecule has 0 aromatic rings. The molecule has 0 fully saturated rings. The lowest BCUT2D eigenvalue weighted by atomic mass is 10.0. The van der Waals surface area contributed by atoms with E-state index in [2.05, 4.69) is 13.5 Å². The Hall–Kier alpha value is -0.340. The first-order valence-corrected chi connectivity index (χ1v) is 9.69. The molecule has 0 unspecified atom stereocenters. The van der Waals surface area contributed by atoms with Crippen molar-refractivity contribution in [3.63, 3.8) is 0 Å². The van der Waals surface area contributed by atoms with Gasteiger partial charge >= 0.3 is 0 Å². The number of ether oxygens (including phenoxy) is 1. The Morgan fingerprint density at radius 1 is 0.773 bits per heavy atom. The lowest BCUT2D eigenvalue weighted by Crippen LogP contribution is -2.12. The Bertz CT molecular complexity index is 216. The van der Waals surface area contributed by atoms with Gasteiger partial charge in [-0.2, -0.15) is 0 Å². The van der Waals surface area contributed by atoms with Crippen LogP contribution in [0.3, 0.4) is 0 Å². The molecule has 0 aliphatic rings. The summed E-state index contributed by atoms with van der Waals surface area (Å²) in [4.78, 5) is 0. The monoisotopic (exact) mass is 312 g/mol. The largest absolute Gasteiger partial charge is 0.387 e. The topological polar surface area (TPSA) is 29.5 Å². The summed E-state index contributed by atoms with van der Waals surface area (Å²) < 4.78 is 5.37. The van der Waals surface area contributed by atoms with Gasteiger partial charge in [0.1, 0.15) is 0 Å². The molecule has 2 heteroatoms. The van der Waals surface area contributed by atoms with Gasteiger partial charge in [0.15, 0.2) is 0 Å². The second-order valence-corrected chi connectivity index (χ2v) is 6.47. The Morgan fingerprint density at radius 2 is 1.18 bits per heavy atom. The normalized spacial score (nSPS) is 12.5. The standard InChI is InChI=1S/C20H40O2/c1-3-5-6-7-8-9-10-11-12-13-14-15-16-17-18-22-19-20(21)4-2/h4,20-21H,2-3,5-19H2,1H3/t20-/m0/s1. The molecule has 1 N–H and O–H groups in total. The molecule has 22 heavy (non-hydrogen) atoms. The maximum Gasteiger partial charge on any atom is 0.0951 e. The third-order valence-corrected chi connectivity index (χ3v) is 4.20. The molecule has 0 aromatic heterocycles. The van der Waals surface area contributed by atoms with E-state index in [-0.39, 0.29) is 0 Å². The molecular formula is C20H40O2. The summed E-state index contributed by atoms with van der Waals surface area (Å²) in [5.41, 5.74) is 0. The Balaban J connectivity index is 2.98. The molecule has 0 amide bonds. The first-order chi connectivity index (χ1) is 10.8. The molecule has 0 bridgehead atoms. The molecule has 0 heterocycles. The molecule has 0 aliphatic heterocycles. The number of aliphatic hydroxyl groups excluding tert-OH is 1. The second-order valence-electron chi connectivity index (χ2n) is 6.47. The molecule has 2 nitrogen and oxygen atoms in total. The van der Waals surface area contributed by atoms with Gasteiger partial charge in [0.2, 0.25) is 0 Å². The molecule has 0 aromatic carbocycles. The molecule has 0 spiro atoms. The van der Waals surface area contributed by atoms with Gasteiger partial charge in [-0.1, -0.05) is 96.5 Å². The van der Waals surface area contributed by atoms with Crippen LogP contribution in [0.1, 0.15) is 96.8 Å². The highest BCUT2D eigenvalue weighted by atomic mass is 16.5. The maximum atomic E-state index is 9.23. The fraction of sp³-hybridized carbons (Fsp3) is 0.900. The fourth-order valence-electron chi connectivity index (χ4n) is 2.67. The van der Waals surface area contributed by atoms with Crippen molar-refractivity contribution in [3.8, 4) is 0 Å². The molecular weight excluding hydrogens is 272 g/mol. The highest BCUT2D eigenvalue weighted by Crippen LogP contribution is 2.12. The molecule has 0 saturated heterocycles. The average molecular weight is 313 g/mol. The Labute approximate surface area is 139 Å². The number of hydrogen-bond acceptors (Lipinski definition) is 2. The molecule has 0 aliphatic carbocycles. The van der Waals surface area contributed by atoms with Gasteiger partial charge in [-0.05, 0) is 6.42 Å². The average Bonchev–Trinajstić information content (AvgIpc) is 2.54. The summed E-state index contributed by atoms with van der Waals surface area (Å²) in [5, 5.41) is 9.23. The van der Waals surface area contributed by atoms with Crippen molar-refractivity contribution in [2.75, 3.05) is 13.2 Å². The molecule has 0 rings (SSSR count). The van der Waals surface area contributed by atoms with Gasteiger partial charge in [-0.15, -0.1) is 6.58 Å². The van der Waals surface area contributed by atoms with Gasteiger partial charge in [0.25, 0.3) is 0 Å². The smallest absolute Gasteiger partial charge is 0.0951 e. The lowest BCUT2D eigenvalue weighted by Gasteiger charge is -2.06. The SMILES string of the molecule is C=C[C@H](O)COCCCCCCCCCCCCCCCC. The zero-order valence-electron chi connectivity index (χ0n) is 15.0. The van der Waals surface area contributed by atoms with Gasteiger partial charge in [0, 0.05) is 6.61 Å². The molecule has 0 saturated carbocycles. The van der Waals surface area contributed by atoms with Gasteiger partial charge in [-0.3, -0.25) is 0 Å². The summed E-state index contributed by atoms with van der Waals surface area (Å²) in [6, 6.07) is 0. The minimum absolute atomic E-state index is 0.391. The van der Waals surface area contributed by atoms with Crippen LogP contribution in [0, 0.1) is 0 Å². The third kappa shape index (κ3) is 17.7. The first-order valence-electron chi connectivity index (χ1n) is 9.69. The van der Waals surface area contributed by atoms with E-state index in [0.717, 1.165) is 13.0 Å². The van der Waals surface area contributed by atoms with Crippen LogP contribution >= 0.6 is 0 Å². The van der Waals surface area contributed by atoms with E-state index in [9.17, 15) is 5.11 Å². The van der Waals surface area contributed by atoms with E-state index in [1.807, 2.05) is 0 Å². The van der Waals surface area contributed by atoms with Crippen molar-refractivity contribution in [3.05, 3.63) is 12.7 Å². The van der Waals surface area contributed by atoms with E-state index >= 15 is 0 Å². The molecule has 132 valence electrons. The quantitative estimate of drug-likeness (QED) is 0.247. The van der Waals surface area contributed by atoms with Crippen LogP contribution in [0.15, 0.2) is 12.7 Å². The minimum Gasteiger partial charge on any atom is -0.387 e. The summed E-state index contributed by atoms with van der Waals surface area (Å²) >= 11 is 0. The van der Waals surface area contributed by atoms with Gasteiger partial charge in [-0.25, -0.2) is 0 Å². The summed E-state index contributed by atoms with van der Waals surface area (Å²) in [6.07, 6.45) is 20.3. The van der Waals surface area contributed by atoms with E-state index in [4.69, 9.17) is 4.74 Å².